The Kier molecular flexibility index (Phi) is 8.43. The Bertz CT molecular complexity index is 1580. The number of hydrogen-bond acceptors (Lipinski definition) is 9. The normalized spacial score (nSPS) is 11.7. The van der Waals surface area contributed by atoms with Gasteiger partial charge in [0.15, 0.2) is 0 Å². The van der Waals surface area contributed by atoms with Crippen LogP contribution in [0.2, 0.25) is 5.02 Å². The summed E-state index contributed by atoms with van der Waals surface area (Å²) in [6.07, 6.45) is 2.00. The van der Waals surface area contributed by atoms with E-state index in [-0.39, 0.29) is 20.5 Å². The van der Waals surface area contributed by atoms with Gasteiger partial charge in [0, 0.05) is 17.9 Å². The summed E-state index contributed by atoms with van der Waals surface area (Å²) in [5, 5.41) is 6.14. The molecule has 2 aromatic heterocycles. The summed E-state index contributed by atoms with van der Waals surface area (Å²) in [4.78, 5) is 24.2. The lowest BCUT2D eigenvalue weighted by atomic mass is 10.2. The van der Waals surface area contributed by atoms with Gasteiger partial charge in [-0.3, -0.25) is 4.79 Å². The molecular formula is C24H25ClFN7O3S2. The minimum Gasteiger partial charge on any atom is -0.397 e. The lowest BCUT2D eigenvalue weighted by molar-refractivity contribution is 0.103. The van der Waals surface area contributed by atoms with Gasteiger partial charge in [0.1, 0.15) is 27.7 Å². The van der Waals surface area contributed by atoms with Crippen LogP contribution >= 0.6 is 22.9 Å². The van der Waals surface area contributed by atoms with Crippen LogP contribution in [0.25, 0.3) is 10.2 Å². The van der Waals surface area contributed by atoms with Gasteiger partial charge in [0.25, 0.3) is 5.91 Å². The molecule has 0 aliphatic carbocycles. The van der Waals surface area contributed by atoms with E-state index in [1.807, 2.05) is 19.0 Å². The first-order chi connectivity index (χ1) is 18.0. The number of sulfonamides is 1. The first-order valence-electron chi connectivity index (χ1n) is 11.4. The van der Waals surface area contributed by atoms with Gasteiger partial charge in [-0.25, -0.2) is 27.5 Å². The summed E-state index contributed by atoms with van der Waals surface area (Å²) in [6.45, 7) is 1.08. The van der Waals surface area contributed by atoms with Crippen LogP contribution in [0.3, 0.4) is 0 Å². The van der Waals surface area contributed by atoms with E-state index in [0.29, 0.717) is 40.4 Å². The molecule has 2 aromatic carbocycles. The molecule has 10 nitrogen and oxygen atoms in total. The monoisotopic (exact) mass is 577 g/mol. The highest BCUT2D eigenvalue weighted by Gasteiger charge is 2.21. The first-order valence-corrected chi connectivity index (χ1v) is 14.0. The van der Waals surface area contributed by atoms with Gasteiger partial charge in [-0.05, 0) is 69.5 Å². The lowest BCUT2D eigenvalue weighted by Crippen LogP contribution is -2.27. The van der Waals surface area contributed by atoms with Crippen LogP contribution in [-0.4, -0.2) is 56.4 Å². The lowest BCUT2D eigenvalue weighted by Gasteiger charge is -2.11. The number of carbonyl (C=O) groups excluding carboxylic acids is 1. The molecule has 14 heteroatoms. The first kappa shape index (κ1) is 27.7. The maximum atomic E-state index is 13.5. The van der Waals surface area contributed by atoms with Crippen LogP contribution in [0.15, 0.2) is 53.7 Å². The largest absolute Gasteiger partial charge is 0.397 e. The molecule has 0 fully saturated rings. The van der Waals surface area contributed by atoms with Gasteiger partial charge in [-0.2, -0.15) is 0 Å². The second-order valence-electron chi connectivity index (χ2n) is 8.53. The fourth-order valence-electron chi connectivity index (χ4n) is 3.52. The highest BCUT2D eigenvalue weighted by Crippen LogP contribution is 2.37. The van der Waals surface area contributed by atoms with Crippen molar-refractivity contribution in [3.8, 4) is 0 Å². The number of nitrogens with one attached hydrogen (secondary N) is 3. The van der Waals surface area contributed by atoms with Crippen molar-refractivity contribution < 1.29 is 17.6 Å². The number of nitrogens with zero attached hydrogens (tertiary/aromatic N) is 3. The molecule has 0 saturated carbocycles. The van der Waals surface area contributed by atoms with Gasteiger partial charge in [-0.1, -0.05) is 11.6 Å². The molecule has 38 heavy (non-hydrogen) atoms. The number of nitrogens with two attached hydrogens (primary N) is 1. The molecule has 0 aliphatic rings. The van der Waals surface area contributed by atoms with Crippen molar-refractivity contribution in [1.29, 1.82) is 0 Å². The maximum Gasteiger partial charge on any atom is 0.267 e. The molecule has 5 N–H and O–H groups in total. The summed E-state index contributed by atoms with van der Waals surface area (Å²) >= 11 is 6.94. The molecule has 1 amide bonds. The summed E-state index contributed by atoms with van der Waals surface area (Å²) in [5.74, 6) is -0.710. The predicted molar refractivity (Wildman–Crippen MR) is 149 cm³/mol. The van der Waals surface area contributed by atoms with Crippen LogP contribution < -0.4 is 21.1 Å². The third-order valence-corrected chi connectivity index (χ3v) is 8.29. The minimum atomic E-state index is -3.67. The molecular weight excluding hydrogens is 553 g/mol. The fourth-order valence-corrected chi connectivity index (χ4v) is 5.73. The Morgan fingerprint density at radius 2 is 1.84 bits per heavy atom. The van der Waals surface area contributed by atoms with Gasteiger partial charge in [0.05, 0.1) is 21.0 Å². The summed E-state index contributed by atoms with van der Waals surface area (Å²) in [6, 6.07) is 9.95. The minimum absolute atomic E-state index is 0.0578. The van der Waals surface area contributed by atoms with Crippen LogP contribution in [0, 0.1) is 5.82 Å². The number of halogens is 2. The Morgan fingerprint density at radius 3 is 2.53 bits per heavy atom. The van der Waals surface area contributed by atoms with Gasteiger partial charge >= 0.3 is 0 Å². The molecule has 4 rings (SSSR count). The Labute approximate surface area is 228 Å². The van der Waals surface area contributed by atoms with Crippen LogP contribution in [0.1, 0.15) is 16.1 Å². The topological polar surface area (TPSA) is 142 Å². The maximum absolute atomic E-state index is 13.5. The SMILES string of the molecule is CN(C)CCCNS(=O)(=O)c1ccc(NC(=O)c2sc3ncnc(Nc4ccc(F)c(Cl)c4)c3c2N)cc1. The van der Waals surface area contributed by atoms with Gasteiger partial charge < -0.3 is 21.3 Å². The number of carbonyl (C=O) groups is 1. The number of benzene rings is 2. The van der Waals surface area contributed by atoms with E-state index in [4.69, 9.17) is 17.3 Å². The van der Waals surface area contributed by atoms with Crippen molar-refractivity contribution in [2.24, 2.45) is 0 Å². The van der Waals surface area contributed by atoms with E-state index < -0.39 is 21.7 Å². The third kappa shape index (κ3) is 6.37. The Balaban J connectivity index is 1.49. The standard InChI is InChI=1S/C24H25ClFN7O3S2/c1-33(2)11-3-10-30-38(35,36)16-7-4-14(5-8-16)32-23(34)21-20(27)19-22(28-13-29-24(19)37-21)31-15-6-9-18(26)17(25)12-15/h4-9,12-13,30H,3,10-11,27H2,1-2H3,(H,32,34)(H,28,29,31). The van der Waals surface area contributed by atoms with Crippen LogP contribution in [-0.2, 0) is 10.0 Å². The molecule has 200 valence electrons. The summed E-state index contributed by atoms with van der Waals surface area (Å²) < 4.78 is 41.1. The second kappa shape index (κ2) is 11.6. The number of aromatic nitrogens is 2. The average molecular weight is 578 g/mol. The third-order valence-electron chi connectivity index (χ3n) is 5.41. The Hall–Kier alpha value is -3.36. The van der Waals surface area contributed by atoms with Gasteiger partial charge in [0.2, 0.25) is 10.0 Å². The number of rotatable bonds is 10. The summed E-state index contributed by atoms with van der Waals surface area (Å²) in [7, 11) is 0.171. The molecule has 0 spiro atoms. The summed E-state index contributed by atoms with van der Waals surface area (Å²) in [5.41, 5.74) is 7.35. The second-order valence-corrected chi connectivity index (χ2v) is 11.7. The van der Waals surface area contributed by atoms with E-state index >= 15 is 0 Å². The van der Waals surface area contributed by atoms with Crippen molar-refractivity contribution >= 4 is 72.0 Å². The highest BCUT2D eigenvalue weighted by atomic mass is 35.5. The van der Waals surface area contributed by atoms with E-state index in [1.54, 1.807) is 0 Å². The molecule has 4 aromatic rings. The molecule has 0 aliphatic heterocycles. The zero-order chi connectivity index (χ0) is 27.4. The molecule has 2 heterocycles. The molecule has 0 atom stereocenters. The van der Waals surface area contributed by atoms with Crippen molar-refractivity contribution in [3.05, 3.63) is 64.5 Å². The van der Waals surface area contributed by atoms with E-state index in [2.05, 4.69) is 25.3 Å². The number of nitrogen functional groups attached to an aromatic ring is 1. The van der Waals surface area contributed by atoms with Crippen LogP contribution in [0.4, 0.5) is 27.3 Å². The average Bonchev–Trinajstić information content (AvgIpc) is 3.22. The van der Waals surface area contributed by atoms with E-state index in [9.17, 15) is 17.6 Å². The van der Waals surface area contributed by atoms with Crippen molar-refractivity contribution in [1.82, 2.24) is 19.6 Å². The van der Waals surface area contributed by atoms with Crippen LogP contribution in [0.5, 0.6) is 0 Å². The number of anilines is 4. The smallest absolute Gasteiger partial charge is 0.267 e. The molecule has 0 radical (unpaired) electrons. The number of amides is 1. The van der Waals surface area contributed by atoms with E-state index in [0.717, 1.165) is 17.9 Å². The highest BCUT2D eigenvalue weighted by molar-refractivity contribution is 7.89. The van der Waals surface area contributed by atoms with Crippen molar-refractivity contribution in [3.63, 3.8) is 0 Å². The number of thiophene rings is 1. The zero-order valence-corrected chi connectivity index (χ0v) is 22.8. The number of fused-ring (bicyclic) bond motifs is 1. The Morgan fingerprint density at radius 1 is 1.13 bits per heavy atom. The number of hydrogen-bond donors (Lipinski definition) is 4. The van der Waals surface area contributed by atoms with Crippen molar-refractivity contribution in [2.45, 2.75) is 11.3 Å². The molecule has 0 bridgehead atoms. The fraction of sp³-hybridized carbons (Fsp3) is 0.208. The molecule has 0 saturated heterocycles. The predicted octanol–water partition coefficient (Wildman–Crippen LogP) is 4.29. The quantitative estimate of drug-likeness (QED) is 0.204. The zero-order valence-electron chi connectivity index (χ0n) is 20.5. The van der Waals surface area contributed by atoms with Crippen molar-refractivity contribution in [2.75, 3.05) is 43.6 Å². The van der Waals surface area contributed by atoms with Gasteiger partial charge in [-0.15, -0.1) is 11.3 Å². The van der Waals surface area contributed by atoms with E-state index in [1.165, 1.54) is 48.8 Å². The molecule has 0 unspecified atom stereocenters.